The van der Waals surface area contributed by atoms with E-state index in [1.165, 1.54) is 19.3 Å². The minimum atomic E-state index is 0.140. The van der Waals surface area contributed by atoms with Gasteiger partial charge in [-0.25, -0.2) is 4.98 Å². The van der Waals surface area contributed by atoms with E-state index in [9.17, 15) is 0 Å². The molecule has 4 rings (SSSR count). The van der Waals surface area contributed by atoms with E-state index in [1.54, 1.807) is 14.2 Å². The van der Waals surface area contributed by atoms with Gasteiger partial charge in [0.25, 0.3) is 0 Å². The zero-order chi connectivity index (χ0) is 22.7. The SMILES string of the molecule is COc1ccc(-c2nc3cc(/C(C)=N/NC(N)=S)ccc3n2C2CCCCC2)c(OC)c1. The molecule has 168 valence electrons. The van der Waals surface area contributed by atoms with E-state index in [0.29, 0.717) is 6.04 Å². The van der Waals surface area contributed by atoms with Crippen LogP contribution in [0.15, 0.2) is 41.5 Å². The van der Waals surface area contributed by atoms with E-state index < -0.39 is 0 Å². The molecule has 0 aliphatic heterocycles. The molecule has 1 fully saturated rings. The molecule has 7 nitrogen and oxygen atoms in total. The summed E-state index contributed by atoms with van der Waals surface area (Å²) in [5.74, 6) is 2.42. The minimum Gasteiger partial charge on any atom is -0.497 e. The Labute approximate surface area is 193 Å². The van der Waals surface area contributed by atoms with Gasteiger partial charge in [-0.15, -0.1) is 0 Å². The zero-order valence-electron chi connectivity index (χ0n) is 18.7. The fourth-order valence-electron chi connectivity index (χ4n) is 4.41. The van der Waals surface area contributed by atoms with Gasteiger partial charge in [-0.1, -0.05) is 25.3 Å². The van der Waals surface area contributed by atoms with Crippen LogP contribution in [-0.4, -0.2) is 34.6 Å². The summed E-state index contributed by atoms with van der Waals surface area (Å²) in [5, 5.41) is 4.40. The molecule has 2 aromatic carbocycles. The van der Waals surface area contributed by atoms with Crippen LogP contribution in [0.2, 0.25) is 0 Å². The molecule has 1 aromatic heterocycles. The molecule has 1 heterocycles. The number of rotatable bonds is 6. The normalized spacial score (nSPS) is 15.0. The third-order valence-electron chi connectivity index (χ3n) is 6.03. The number of thiocarbonyl (C=S) groups is 1. The molecule has 1 aliphatic rings. The highest BCUT2D eigenvalue weighted by Gasteiger charge is 2.24. The Morgan fingerprint density at radius 3 is 2.59 bits per heavy atom. The van der Waals surface area contributed by atoms with Crippen molar-refractivity contribution >= 4 is 34.1 Å². The van der Waals surface area contributed by atoms with Crippen molar-refractivity contribution in [3.63, 3.8) is 0 Å². The van der Waals surface area contributed by atoms with Crippen LogP contribution in [0, 0.1) is 0 Å². The Morgan fingerprint density at radius 1 is 1.12 bits per heavy atom. The highest BCUT2D eigenvalue weighted by atomic mass is 32.1. The number of hydrogen-bond donors (Lipinski definition) is 2. The summed E-state index contributed by atoms with van der Waals surface area (Å²) >= 11 is 4.85. The predicted octanol–water partition coefficient (Wildman–Crippen LogP) is 4.78. The first-order valence-corrected chi connectivity index (χ1v) is 11.3. The van der Waals surface area contributed by atoms with Gasteiger partial charge in [0.1, 0.15) is 17.3 Å². The van der Waals surface area contributed by atoms with Crippen LogP contribution in [0.3, 0.4) is 0 Å². The number of nitrogens with one attached hydrogen (secondary N) is 1. The van der Waals surface area contributed by atoms with E-state index in [2.05, 4.69) is 33.3 Å². The summed E-state index contributed by atoms with van der Waals surface area (Å²) in [4.78, 5) is 5.08. The van der Waals surface area contributed by atoms with Gasteiger partial charge in [-0.3, -0.25) is 5.43 Å². The summed E-state index contributed by atoms with van der Waals surface area (Å²) in [7, 11) is 3.34. The molecule has 3 aromatic rings. The maximum atomic E-state index is 5.71. The third-order valence-corrected chi connectivity index (χ3v) is 6.12. The van der Waals surface area contributed by atoms with Crippen LogP contribution < -0.4 is 20.6 Å². The van der Waals surface area contributed by atoms with Gasteiger partial charge in [0.2, 0.25) is 0 Å². The molecular weight excluding hydrogens is 422 g/mol. The fourth-order valence-corrected chi connectivity index (χ4v) is 4.46. The number of aromatic nitrogens is 2. The number of methoxy groups -OCH3 is 2. The first kappa shape index (κ1) is 22.1. The molecule has 0 bridgehead atoms. The number of nitrogens with two attached hydrogens (primary N) is 1. The van der Waals surface area contributed by atoms with Gasteiger partial charge >= 0.3 is 0 Å². The Morgan fingerprint density at radius 2 is 1.91 bits per heavy atom. The van der Waals surface area contributed by atoms with Crippen molar-refractivity contribution in [2.75, 3.05) is 14.2 Å². The minimum absolute atomic E-state index is 0.140. The van der Waals surface area contributed by atoms with Crippen molar-refractivity contribution < 1.29 is 9.47 Å². The van der Waals surface area contributed by atoms with Crippen molar-refractivity contribution in [3.05, 3.63) is 42.0 Å². The standard InChI is InChI=1S/C24H29N5O2S/c1-15(27-28-24(25)32)16-9-12-21-20(13-16)26-23(29(21)17-7-5-4-6-8-17)19-11-10-18(30-2)14-22(19)31-3/h9-14,17H,4-8H2,1-3H3,(H3,25,28,32)/b27-15+. The second-order valence-corrected chi connectivity index (χ2v) is 8.48. The lowest BCUT2D eigenvalue weighted by atomic mass is 9.94. The number of benzene rings is 2. The molecule has 1 aliphatic carbocycles. The molecule has 0 atom stereocenters. The van der Waals surface area contributed by atoms with Crippen LogP contribution in [-0.2, 0) is 0 Å². The van der Waals surface area contributed by atoms with Gasteiger partial charge < -0.3 is 19.8 Å². The number of imidazole rings is 1. The average molecular weight is 452 g/mol. The van der Waals surface area contributed by atoms with Crippen LogP contribution in [0.5, 0.6) is 11.5 Å². The first-order chi connectivity index (χ1) is 15.5. The Hall–Kier alpha value is -3.13. The molecule has 8 heteroatoms. The van der Waals surface area contributed by atoms with E-state index in [4.69, 9.17) is 32.4 Å². The number of nitrogens with zero attached hydrogens (tertiary/aromatic N) is 3. The molecule has 3 N–H and O–H groups in total. The lowest BCUT2D eigenvalue weighted by Crippen LogP contribution is -2.25. The molecular formula is C24H29N5O2S. The number of hydrogen-bond acceptors (Lipinski definition) is 5. The first-order valence-electron chi connectivity index (χ1n) is 10.9. The zero-order valence-corrected chi connectivity index (χ0v) is 19.5. The predicted molar refractivity (Wildman–Crippen MR) is 133 cm³/mol. The summed E-state index contributed by atoms with van der Waals surface area (Å²) in [6.45, 7) is 1.91. The summed E-state index contributed by atoms with van der Waals surface area (Å²) in [6.07, 6.45) is 6.06. The topological polar surface area (TPSA) is 86.7 Å². The van der Waals surface area contributed by atoms with Crippen molar-refractivity contribution in [1.82, 2.24) is 15.0 Å². The Balaban J connectivity index is 1.87. The highest BCUT2D eigenvalue weighted by Crippen LogP contribution is 2.40. The van der Waals surface area contributed by atoms with Gasteiger partial charge in [-0.05, 0) is 61.8 Å². The molecule has 0 saturated heterocycles. The monoisotopic (exact) mass is 451 g/mol. The van der Waals surface area contributed by atoms with Gasteiger partial charge in [0.15, 0.2) is 5.11 Å². The van der Waals surface area contributed by atoms with Gasteiger partial charge in [0, 0.05) is 12.1 Å². The van der Waals surface area contributed by atoms with Gasteiger partial charge in [-0.2, -0.15) is 5.10 Å². The average Bonchev–Trinajstić information content (AvgIpc) is 3.21. The van der Waals surface area contributed by atoms with Crippen molar-refractivity contribution in [1.29, 1.82) is 0 Å². The number of fused-ring (bicyclic) bond motifs is 1. The second kappa shape index (κ2) is 9.56. The molecule has 1 saturated carbocycles. The van der Waals surface area contributed by atoms with E-state index in [-0.39, 0.29) is 5.11 Å². The Bertz CT molecular complexity index is 1160. The summed E-state index contributed by atoms with van der Waals surface area (Å²) in [5.41, 5.74) is 12.9. The van der Waals surface area contributed by atoms with Crippen molar-refractivity contribution in [3.8, 4) is 22.9 Å². The largest absolute Gasteiger partial charge is 0.497 e. The summed E-state index contributed by atoms with van der Waals surface area (Å²) < 4.78 is 13.5. The van der Waals surface area contributed by atoms with E-state index >= 15 is 0 Å². The molecule has 0 unspecified atom stereocenters. The smallest absolute Gasteiger partial charge is 0.184 e. The van der Waals surface area contributed by atoms with Crippen LogP contribution in [0.25, 0.3) is 22.4 Å². The maximum absolute atomic E-state index is 5.71. The number of ether oxygens (including phenoxy) is 2. The second-order valence-electron chi connectivity index (χ2n) is 8.04. The lowest BCUT2D eigenvalue weighted by molar-refractivity contribution is 0.361. The maximum Gasteiger partial charge on any atom is 0.184 e. The van der Waals surface area contributed by atoms with Crippen LogP contribution in [0.4, 0.5) is 0 Å². The molecule has 0 amide bonds. The van der Waals surface area contributed by atoms with Crippen molar-refractivity contribution in [2.45, 2.75) is 45.1 Å². The van der Waals surface area contributed by atoms with Crippen LogP contribution >= 0.6 is 12.2 Å². The third kappa shape index (κ3) is 4.41. The van der Waals surface area contributed by atoms with Gasteiger partial charge in [0.05, 0.1) is 36.5 Å². The fraction of sp³-hybridized carbons (Fsp3) is 0.375. The summed E-state index contributed by atoms with van der Waals surface area (Å²) in [6, 6.07) is 12.6. The number of hydrazone groups is 1. The van der Waals surface area contributed by atoms with Crippen molar-refractivity contribution in [2.24, 2.45) is 10.8 Å². The molecule has 32 heavy (non-hydrogen) atoms. The Kier molecular flexibility index (Phi) is 6.60. The van der Waals surface area contributed by atoms with E-state index in [0.717, 1.165) is 58.0 Å². The molecule has 0 spiro atoms. The van der Waals surface area contributed by atoms with E-state index in [1.807, 2.05) is 25.1 Å². The highest BCUT2D eigenvalue weighted by molar-refractivity contribution is 7.80. The molecule has 0 radical (unpaired) electrons. The van der Waals surface area contributed by atoms with Crippen LogP contribution in [0.1, 0.15) is 50.6 Å². The lowest BCUT2D eigenvalue weighted by Gasteiger charge is -2.26. The quantitative estimate of drug-likeness (QED) is 0.319.